The van der Waals surface area contributed by atoms with Gasteiger partial charge in [0.1, 0.15) is 5.82 Å². The van der Waals surface area contributed by atoms with Crippen molar-refractivity contribution in [3.05, 3.63) is 42.0 Å². The second kappa shape index (κ2) is 8.14. The van der Waals surface area contributed by atoms with E-state index in [4.69, 9.17) is 0 Å². The van der Waals surface area contributed by atoms with Crippen LogP contribution in [0.3, 0.4) is 0 Å². The number of aromatic nitrogens is 2. The van der Waals surface area contributed by atoms with Crippen LogP contribution in [0.15, 0.2) is 42.0 Å². The average molecular weight is 408 g/mol. The Morgan fingerprint density at radius 2 is 1.83 bits per heavy atom. The molecule has 1 aliphatic carbocycles. The van der Waals surface area contributed by atoms with Gasteiger partial charge in [-0.1, -0.05) is 6.08 Å². The van der Waals surface area contributed by atoms with Crippen molar-refractivity contribution in [3.8, 4) is 0 Å². The zero-order valence-electron chi connectivity index (χ0n) is 18.1. The van der Waals surface area contributed by atoms with Gasteiger partial charge in [-0.2, -0.15) is 0 Å². The largest absolute Gasteiger partial charge is 0.355 e. The fraction of sp³-hybridized carbons (Fsp3) is 0.625. The number of amides is 1. The predicted molar refractivity (Wildman–Crippen MR) is 118 cm³/mol. The third-order valence-electron chi connectivity index (χ3n) is 7.88. The van der Waals surface area contributed by atoms with Gasteiger partial charge < -0.3 is 14.7 Å². The van der Waals surface area contributed by atoms with Crippen molar-refractivity contribution in [2.75, 3.05) is 37.6 Å². The molecule has 4 heterocycles. The first-order valence-corrected chi connectivity index (χ1v) is 11.6. The zero-order chi connectivity index (χ0) is 20.6. The summed E-state index contributed by atoms with van der Waals surface area (Å²) in [5, 5.41) is 0. The van der Waals surface area contributed by atoms with E-state index in [9.17, 15) is 4.79 Å². The molecular formula is C24H33N5O. The molecule has 5 rings (SSSR count). The number of rotatable bonds is 2. The Balaban J connectivity index is 1.23. The highest BCUT2D eigenvalue weighted by atomic mass is 16.2. The van der Waals surface area contributed by atoms with Gasteiger partial charge in [-0.3, -0.25) is 9.78 Å². The molecule has 0 atom stereocenters. The highest BCUT2D eigenvalue weighted by Crippen LogP contribution is 2.50. The monoisotopic (exact) mass is 407 g/mol. The minimum Gasteiger partial charge on any atom is -0.355 e. The van der Waals surface area contributed by atoms with Crippen molar-refractivity contribution in [2.24, 2.45) is 5.41 Å². The number of carbonyl (C=O) groups is 1. The third-order valence-corrected chi connectivity index (χ3v) is 7.88. The summed E-state index contributed by atoms with van der Waals surface area (Å²) in [6, 6.07) is 0.687. The number of hydrogen-bond acceptors (Lipinski definition) is 5. The summed E-state index contributed by atoms with van der Waals surface area (Å²) in [6.07, 6.45) is 18.2. The number of fused-ring (bicyclic) bond motifs is 1. The first kappa shape index (κ1) is 19.7. The van der Waals surface area contributed by atoms with Crippen LogP contribution in [0.1, 0.15) is 51.9 Å². The van der Waals surface area contributed by atoms with E-state index in [1.807, 2.05) is 11.1 Å². The van der Waals surface area contributed by atoms with Crippen LogP contribution in [0.2, 0.25) is 0 Å². The molecule has 0 N–H and O–H groups in total. The molecule has 1 spiro atoms. The second-order valence-electron chi connectivity index (χ2n) is 9.32. The Morgan fingerprint density at radius 1 is 1.07 bits per heavy atom. The van der Waals surface area contributed by atoms with E-state index < -0.39 is 0 Å². The molecule has 6 heteroatoms. The maximum absolute atomic E-state index is 12.1. The maximum Gasteiger partial charge on any atom is 0.223 e. The highest BCUT2D eigenvalue weighted by Gasteiger charge is 2.44. The van der Waals surface area contributed by atoms with Gasteiger partial charge in [0, 0.05) is 50.7 Å². The molecule has 0 unspecified atom stereocenters. The summed E-state index contributed by atoms with van der Waals surface area (Å²) in [6.45, 7) is 7.11. The Kier molecular flexibility index (Phi) is 5.35. The summed E-state index contributed by atoms with van der Waals surface area (Å²) < 4.78 is 0. The first-order valence-electron chi connectivity index (χ1n) is 11.6. The van der Waals surface area contributed by atoms with Gasteiger partial charge in [0.05, 0.1) is 6.20 Å². The first-order chi connectivity index (χ1) is 14.7. The predicted octanol–water partition coefficient (Wildman–Crippen LogP) is 3.38. The molecule has 2 saturated heterocycles. The van der Waals surface area contributed by atoms with Crippen LogP contribution in [0, 0.1) is 5.41 Å². The summed E-state index contributed by atoms with van der Waals surface area (Å²) in [4.78, 5) is 28.0. The summed E-state index contributed by atoms with van der Waals surface area (Å²) in [7, 11) is 0. The van der Waals surface area contributed by atoms with Crippen LogP contribution < -0.4 is 4.90 Å². The fourth-order valence-corrected chi connectivity index (χ4v) is 6.15. The summed E-state index contributed by atoms with van der Waals surface area (Å²) in [5.74, 6) is 1.20. The average Bonchev–Trinajstić information content (AvgIpc) is 2.81. The zero-order valence-corrected chi connectivity index (χ0v) is 18.1. The molecule has 2 fully saturated rings. The second-order valence-corrected chi connectivity index (χ2v) is 9.32. The number of piperidine rings is 2. The highest BCUT2D eigenvalue weighted by molar-refractivity contribution is 5.76. The molecule has 1 aromatic rings. The minimum atomic E-state index is 0.191. The molecular weight excluding hydrogens is 374 g/mol. The molecule has 6 nitrogen and oxygen atoms in total. The quantitative estimate of drug-likeness (QED) is 0.752. The molecule has 0 saturated carbocycles. The lowest BCUT2D eigenvalue weighted by molar-refractivity contribution is -0.127. The van der Waals surface area contributed by atoms with Crippen molar-refractivity contribution >= 4 is 11.7 Å². The van der Waals surface area contributed by atoms with E-state index in [1.165, 1.54) is 44.5 Å². The van der Waals surface area contributed by atoms with Gasteiger partial charge in [0.2, 0.25) is 5.91 Å². The molecule has 3 aliphatic heterocycles. The van der Waals surface area contributed by atoms with Crippen LogP contribution in [0.5, 0.6) is 0 Å². The van der Waals surface area contributed by atoms with E-state index >= 15 is 0 Å². The van der Waals surface area contributed by atoms with Gasteiger partial charge in [-0.15, -0.1) is 0 Å². The van der Waals surface area contributed by atoms with E-state index in [1.54, 1.807) is 24.9 Å². The molecule has 1 aromatic heterocycles. The standard InChI is InChI=1S/C24H33N5O/c1-19(30)29-17-10-24(21-4-2-3-5-22(21)29)8-15-27(16-9-24)20-6-13-28(14-7-20)23-18-25-11-12-26-23/h3,5,11-12,18,20H,2,4,6-10,13-17H2,1H3. The Labute approximate surface area is 179 Å². The number of allylic oxidation sites excluding steroid dienone is 3. The number of hydrogen-bond donors (Lipinski definition) is 0. The summed E-state index contributed by atoms with van der Waals surface area (Å²) >= 11 is 0. The van der Waals surface area contributed by atoms with Crippen molar-refractivity contribution in [1.29, 1.82) is 0 Å². The van der Waals surface area contributed by atoms with Crippen LogP contribution in [-0.2, 0) is 4.79 Å². The Bertz CT molecular complexity index is 832. The van der Waals surface area contributed by atoms with E-state index in [0.29, 0.717) is 11.5 Å². The lowest BCUT2D eigenvalue weighted by atomic mass is 9.65. The summed E-state index contributed by atoms with van der Waals surface area (Å²) in [5.41, 5.74) is 3.12. The van der Waals surface area contributed by atoms with Crippen LogP contribution in [0.4, 0.5) is 5.82 Å². The number of nitrogens with zero attached hydrogens (tertiary/aromatic N) is 5. The lowest BCUT2D eigenvalue weighted by Gasteiger charge is -2.51. The number of likely N-dealkylation sites (tertiary alicyclic amines) is 1. The van der Waals surface area contributed by atoms with Gasteiger partial charge in [-0.25, -0.2) is 4.98 Å². The Hall–Kier alpha value is -2.21. The van der Waals surface area contributed by atoms with Crippen LogP contribution >= 0.6 is 0 Å². The van der Waals surface area contributed by atoms with E-state index in [-0.39, 0.29) is 5.91 Å². The van der Waals surface area contributed by atoms with Crippen molar-refractivity contribution in [3.63, 3.8) is 0 Å². The topological polar surface area (TPSA) is 52.6 Å². The minimum absolute atomic E-state index is 0.191. The number of carbonyl (C=O) groups excluding carboxylic acids is 1. The fourth-order valence-electron chi connectivity index (χ4n) is 6.15. The SMILES string of the molecule is CC(=O)N1CCC2(CCN(C3CCN(c4cnccn4)CC3)CC2)C2=C1C=CCC2. The molecule has 30 heavy (non-hydrogen) atoms. The van der Waals surface area contributed by atoms with Crippen molar-refractivity contribution in [1.82, 2.24) is 19.8 Å². The number of anilines is 1. The smallest absolute Gasteiger partial charge is 0.223 e. The van der Waals surface area contributed by atoms with E-state index in [0.717, 1.165) is 44.7 Å². The molecule has 160 valence electrons. The molecule has 0 bridgehead atoms. The van der Waals surface area contributed by atoms with Gasteiger partial charge in [0.25, 0.3) is 0 Å². The normalized spacial score (nSPS) is 25.0. The van der Waals surface area contributed by atoms with Gasteiger partial charge in [-0.05, 0) is 75.1 Å². The maximum atomic E-state index is 12.1. The molecule has 1 amide bonds. The molecule has 4 aliphatic rings. The third kappa shape index (κ3) is 3.55. The van der Waals surface area contributed by atoms with Crippen molar-refractivity contribution in [2.45, 2.75) is 57.9 Å². The Morgan fingerprint density at radius 3 is 2.53 bits per heavy atom. The van der Waals surface area contributed by atoms with E-state index in [2.05, 4.69) is 31.9 Å². The van der Waals surface area contributed by atoms with Crippen LogP contribution in [-0.4, -0.2) is 64.4 Å². The van der Waals surface area contributed by atoms with Gasteiger partial charge >= 0.3 is 0 Å². The van der Waals surface area contributed by atoms with Gasteiger partial charge in [0.15, 0.2) is 0 Å². The van der Waals surface area contributed by atoms with Crippen LogP contribution in [0.25, 0.3) is 0 Å². The van der Waals surface area contributed by atoms with Crippen molar-refractivity contribution < 1.29 is 4.79 Å². The lowest BCUT2D eigenvalue weighted by Crippen LogP contribution is -2.52. The molecule has 0 radical (unpaired) electrons. The molecule has 0 aromatic carbocycles.